The summed E-state index contributed by atoms with van der Waals surface area (Å²) in [5.41, 5.74) is 0.974. The highest BCUT2D eigenvalue weighted by Gasteiger charge is 2.28. The first-order chi connectivity index (χ1) is 16.7. The van der Waals surface area contributed by atoms with E-state index in [1.807, 2.05) is 13.0 Å². The van der Waals surface area contributed by atoms with Gasteiger partial charge in [-0.2, -0.15) is 0 Å². The van der Waals surface area contributed by atoms with Gasteiger partial charge in [-0.1, -0.05) is 54.4 Å². The second-order valence-electron chi connectivity index (χ2n) is 7.60. The maximum Gasteiger partial charge on any atom is 0.264 e. The molecule has 1 amide bonds. The van der Waals surface area contributed by atoms with Crippen LogP contribution in [0.25, 0.3) is 0 Å². The molecule has 0 saturated heterocycles. The van der Waals surface area contributed by atoms with Gasteiger partial charge in [-0.15, -0.1) is 0 Å². The molecule has 1 N–H and O–H groups in total. The Morgan fingerprint density at radius 2 is 1.57 bits per heavy atom. The fraction of sp³-hybridized carbons (Fsp3) is 0.240. The minimum atomic E-state index is -4.09. The number of hydrogen-bond acceptors (Lipinski definition) is 5. The number of methoxy groups -OCH3 is 2. The number of anilines is 1. The average Bonchev–Trinajstić information content (AvgIpc) is 2.85. The molecule has 0 aromatic heterocycles. The van der Waals surface area contributed by atoms with Crippen molar-refractivity contribution in [3.63, 3.8) is 0 Å². The number of ether oxygens (including phenoxy) is 2. The number of nitrogens with one attached hydrogen (secondary N) is 1. The lowest BCUT2D eigenvalue weighted by atomic mass is 10.0. The number of nitrogens with zero attached hydrogens (tertiary/aromatic N) is 1. The van der Waals surface area contributed by atoms with Crippen molar-refractivity contribution in [1.82, 2.24) is 5.32 Å². The van der Waals surface area contributed by atoms with Crippen molar-refractivity contribution in [2.24, 2.45) is 0 Å². The van der Waals surface area contributed by atoms with Crippen LogP contribution in [0.5, 0.6) is 11.5 Å². The van der Waals surface area contributed by atoms with Gasteiger partial charge in [0.1, 0.15) is 6.54 Å². The van der Waals surface area contributed by atoms with E-state index in [2.05, 4.69) is 5.32 Å². The molecule has 1 unspecified atom stereocenters. The Labute approximate surface area is 215 Å². The molecule has 0 fully saturated rings. The molecule has 0 aliphatic heterocycles. The highest BCUT2D eigenvalue weighted by Crippen LogP contribution is 2.32. The summed E-state index contributed by atoms with van der Waals surface area (Å²) in [4.78, 5) is 13.2. The zero-order valence-electron chi connectivity index (χ0n) is 19.5. The third kappa shape index (κ3) is 6.39. The molecule has 0 radical (unpaired) electrons. The van der Waals surface area contributed by atoms with Gasteiger partial charge in [-0.05, 0) is 54.4 Å². The quantitative estimate of drug-likeness (QED) is 0.371. The molecule has 0 aliphatic rings. The first kappa shape index (κ1) is 26.7. The van der Waals surface area contributed by atoms with E-state index < -0.39 is 22.5 Å². The summed E-state index contributed by atoms with van der Waals surface area (Å²) in [6.45, 7) is 1.44. The number of benzene rings is 3. The van der Waals surface area contributed by atoms with Crippen LogP contribution < -0.4 is 19.1 Å². The number of halogens is 2. The number of amides is 1. The van der Waals surface area contributed by atoms with Gasteiger partial charge in [-0.3, -0.25) is 9.10 Å². The average molecular weight is 537 g/mol. The van der Waals surface area contributed by atoms with Crippen molar-refractivity contribution in [2.75, 3.05) is 25.1 Å². The van der Waals surface area contributed by atoms with Crippen molar-refractivity contribution < 1.29 is 22.7 Å². The standard InChI is InChI=1S/C25H26Cl2N2O5S/c1-4-22(17-10-11-23(33-2)24(12-17)34-3)28-25(30)16-29(20-14-18(26)13-19(27)15-20)35(31,32)21-8-6-5-7-9-21/h5-15,22H,4,16H2,1-3H3,(H,28,30). The lowest BCUT2D eigenvalue weighted by Gasteiger charge is -2.26. The number of carbonyl (C=O) groups excluding carboxylic acids is 1. The molecular formula is C25H26Cl2N2O5S. The summed E-state index contributed by atoms with van der Waals surface area (Å²) in [6.07, 6.45) is 0.565. The molecule has 3 aromatic carbocycles. The Balaban J connectivity index is 1.93. The first-order valence-electron chi connectivity index (χ1n) is 10.7. The maximum absolute atomic E-state index is 13.5. The van der Waals surface area contributed by atoms with Crippen molar-refractivity contribution in [1.29, 1.82) is 0 Å². The zero-order chi connectivity index (χ0) is 25.6. The summed E-state index contributed by atoms with van der Waals surface area (Å²) in [6, 6.07) is 17.2. The summed E-state index contributed by atoms with van der Waals surface area (Å²) in [5, 5.41) is 3.41. The summed E-state index contributed by atoms with van der Waals surface area (Å²) in [7, 11) is -1.02. The predicted octanol–water partition coefficient (Wildman–Crippen LogP) is 5.47. The van der Waals surface area contributed by atoms with Crippen LogP contribution in [0.3, 0.4) is 0 Å². The fourth-order valence-electron chi connectivity index (χ4n) is 3.58. The topological polar surface area (TPSA) is 84.9 Å². The summed E-state index contributed by atoms with van der Waals surface area (Å²) < 4.78 is 38.6. The smallest absolute Gasteiger partial charge is 0.264 e. The number of rotatable bonds is 10. The van der Waals surface area contributed by atoms with E-state index in [4.69, 9.17) is 32.7 Å². The third-order valence-corrected chi connectivity index (χ3v) is 7.53. The number of carbonyl (C=O) groups is 1. The first-order valence-corrected chi connectivity index (χ1v) is 12.9. The molecule has 0 bridgehead atoms. The van der Waals surface area contributed by atoms with Crippen LogP contribution in [0.1, 0.15) is 24.9 Å². The van der Waals surface area contributed by atoms with Gasteiger partial charge >= 0.3 is 0 Å². The Morgan fingerprint density at radius 3 is 2.14 bits per heavy atom. The minimum Gasteiger partial charge on any atom is -0.493 e. The lowest BCUT2D eigenvalue weighted by Crippen LogP contribution is -2.42. The molecule has 3 aromatic rings. The van der Waals surface area contributed by atoms with E-state index in [1.54, 1.807) is 37.4 Å². The molecule has 0 spiro atoms. The molecule has 0 saturated carbocycles. The van der Waals surface area contributed by atoms with E-state index in [0.717, 1.165) is 9.87 Å². The maximum atomic E-state index is 13.5. The fourth-order valence-corrected chi connectivity index (χ4v) is 5.52. The molecule has 186 valence electrons. The van der Waals surface area contributed by atoms with Crippen molar-refractivity contribution >= 4 is 44.8 Å². The highest BCUT2D eigenvalue weighted by molar-refractivity contribution is 7.92. The van der Waals surface area contributed by atoms with Crippen molar-refractivity contribution in [2.45, 2.75) is 24.3 Å². The Kier molecular flexibility index (Phi) is 8.88. The second-order valence-corrected chi connectivity index (χ2v) is 10.3. The molecule has 10 heteroatoms. The second kappa shape index (κ2) is 11.7. The monoisotopic (exact) mass is 536 g/mol. The zero-order valence-corrected chi connectivity index (χ0v) is 21.8. The van der Waals surface area contributed by atoms with Crippen molar-refractivity contribution in [3.05, 3.63) is 82.3 Å². The van der Waals surface area contributed by atoms with Crippen LogP contribution in [0.15, 0.2) is 71.6 Å². The van der Waals surface area contributed by atoms with Gasteiger partial charge in [0.15, 0.2) is 11.5 Å². The Morgan fingerprint density at radius 1 is 0.943 bits per heavy atom. The van der Waals surface area contributed by atoms with Gasteiger partial charge in [0, 0.05) is 10.0 Å². The largest absolute Gasteiger partial charge is 0.493 e. The summed E-state index contributed by atoms with van der Waals surface area (Å²) >= 11 is 12.3. The van der Waals surface area contributed by atoms with Crippen LogP contribution in [0.2, 0.25) is 10.0 Å². The van der Waals surface area contributed by atoms with Crippen molar-refractivity contribution in [3.8, 4) is 11.5 Å². The van der Waals surface area contributed by atoms with Crippen LogP contribution in [0, 0.1) is 0 Å². The molecule has 0 heterocycles. The van der Waals surface area contributed by atoms with Gasteiger partial charge in [0.2, 0.25) is 5.91 Å². The van der Waals surface area contributed by atoms with Gasteiger partial charge in [-0.25, -0.2) is 8.42 Å². The Hall–Kier alpha value is -2.94. The minimum absolute atomic E-state index is 0.0378. The predicted molar refractivity (Wildman–Crippen MR) is 138 cm³/mol. The van der Waals surface area contributed by atoms with E-state index in [9.17, 15) is 13.2 Å². The normalized spacial score (nSPS) is 12.0. The van der Waals surface area contributed by atoms with Crippen LogP contribution in [0.4, 0.5) is 5.69 Å². The highest BCUT2D eigenvalue weighted by atomic mass is 35.5. The van der Waals surface area contributed by atoms with E-state index in [1.165, 1.54) is 37.4 Å². The van der Waals surface area contributed by atoms with E-state index in [-0.39, 0.29) is 26.7 Å². The van der Waals surface area contributed by atoms with Gasteiger partial charge < -0.3 is 14.8 Å². The van der Waals surface area contributed by atoms with E-state index >= 15 is 0 Å². The molecule has 3 rings (SSSR count). The third-order valence-electron chi connectivity index (χ3n) is 5.31. The number of hydrogen-bond donors (Lipinski definition) is 1. The van der Waals surface area contributed by atoms with Gasteiger partial charge in [0.25, 0.3) is 10.0 Å². The Bertz CT molecular complexity index is 1270. The SMILES string of the molecule is CCC(NC(=O)CN(c1cc(Cl)cc(Cl)c1)S(=O)(=O)c1ccccc1)c1ccc(OC)c(OC)c1. The summed E-state index contributed by atoms with van der Waals surface area (Å²) in [5.74, 6) is 0.595. The molecular weight excluding hydrogens is 511 g/mol. The van der Waals surface area contributed by atoms with Crippen LogP contribution in [-0.4, -0.2) is 35.1 Å². The molecule has 0 aliphatic carbocycles. The lowest BCUT2D eigenvalue weighted by molar-refractivity contribution is -0.120. The van der Waals surface area contributed by atoms with Crippen LogP contribution >= 0.6 is 23.2 Å². The van der Waals surface area contributed by atoms with E-state index in [0.29, 0.717) is 17.9 Å². The van der Waals surface area contributed by atoms with Crippen LogP contribution in [-0.2, 0) is 14.8 Å². The molecule has 1 atom stereocenters. The molecule has 7 nitrogen and oxygen atoms in total. The number of sulfonamides is 1. The molecule has 35 heavy (non-hydrogen) atoms. The van der Waals surface area contributed by atoms with Gasteiger partial charge in [0.05, 0.1) is 30.8 Å².